The van der Waals surface area contributed by atoms with Crippen LogP contribution in [0.25, 0.3) is 0 Å². The number of hydrogen-bond acceptors (Lipinski definition) is 5. The zero-order chi connectivity index (χ0) is 14.9. The van der Waals surface area contributed by atoms with Gasteiger partial charge in [0.2, 0.25) is 10.0 Å². The number of carbonyl (C=O) groups is 1. The summed E-state index contributed by atoms with van der Waals surface area (Å²) in [6.45, 7) is 2.38. The van der Waals surface area contributed by atoms with Crippen LogP contribution in [0.3, 0.4) is 0 Å². The van der Waals surface area contributed by atoms with Crippen LogP contribution < -0.4 is 5.73 Å². The smallest absolute Gasteiger partial charge is 0.337 e. The molecule has 1 unspecified atom stereocenters. The number of nitrogens with zero attached hydrogens (tertiary/aromatic N) is 1. The minimum Gasteiger partial charge on any atom is -0.465 e. The van der Waals surface area contributed by atoms with E-state index >= 15 is 0 Å². The van der Waals surface area contributed by atoms with Gasteiger partial charge in [0.1, 0.15) is 4.90 Å². The predicted molar refractivity (Wildman–Crippen MR) is 74.8 cm³/mol. The summed E-state index contributed by atoms with van der Waals surface area (Å²) >= 11 is 0. The van der Waals surface area contributed by atoms with Crippen molar-refractivity contribution in [3.63, 3.8) is 0 Å². The number of sulfonamides is 1. The Labute approximate surface area is 118 Å². The highest BCUT2D eigenvalue weighted by Gasteiger charge is 2.33. The molecule has 20 heavy (non-hydrogen) atoms. The Hall–Kier alpha value is -1.60. The topological polar surface area (TPSA) is 89.7 Å². The minimum atomic E-state index is -3.61. The molecule has 1 fully saturated rings. The molecule has 1 aromatic carbocycles. The van der Waals surface area contributed by atoms with Crippen molar-refractivity contribution in [3.05, 3.63) is 23.8 Å². The maximum absolute atomic E-state index is 12.5. The Bertz CT molecular complexity index is 627. The standard InChI is InChI=1S/C13H18N2O4S/c1-9-4-3-7-15(9)20(17,18)12-6-5-10(8-11(12)14)13(16)19-2/h5-6,8-9H,3-4,7,14H2,1-2H3. The van der Waals surface area contributed by atoms with E-state index in [0.29, 0.717) is 6.54 Å². The van der Waals surface area contributed by atoms with E-state index in [-0.39, 0.29) is 22.2 Å². The molecule has 1 heterocycles. The Kier molecular flexibility index (Phi) is 4.01. The molecule has 1 aliphatic rings. The van der Waals surface area contributed by atoms with Crippen LogP contribution in [-0.2, 0) is 14.8 Å². The number of rotatable bonds is 3. The third-order valence-electron chi connectivity index (χ3n) is 3.51. The SMILES string of the molecule is COC(=O)c1ccc(S(=O)(=O)N2CCCC2C)c(N)c1. The molecule has 1 atom stereocenters. The first kappa shape index (κ1) is 14.8. The monoisotopic (exact) mass is 298 g/mol. The van der Waals surface area contributed by atoms with Crippen molar-refractivity contribution in [2.45, 2.75) is 30.7 Å². The highest BCUT2D eigenvalue weighted by molar-refractivity contribution is 7.89. The second kappa shape index (κ2) is 5.41. The van der Waals surface area contributed by atoms with E-state index in [1.807, 2.05) is 6.92 Å². The van der Waals surface area contributed by atoms with Crippen molar-refractivity contribution >= 4 is 21.7 Å². The van der Waals surface area contributed by atoms with E-state index in [9.17, 15) is 13.2 Å². The molecule has 1 saturated heterocycles. The van der Waals surface area contributed by atoms with Gasteiger partial charge in [-0.1, -0.05) is 0 Å². The Morgan fingerprint density at radius 2 is 2.15 bits per heavy atom. The first-order valence-corrected chi connectivity index (χ1v) is 7.81. The average molecular weight is 298 g/mol. The summed E-state index contributed by atoms with van der Waals surface area (Å²) in [7, 11) is -2.35. The van der Waals surface area contributed by atoms with E-state index in [1.54, 1.807) is 0 Å². The molecule has 0 bridgehead atoms. The molecule has 7 heteroatoms. The predicted octanol–water partition coefficient (Wildman–Crippen LogP) is 1.23. The molecule has 0 spiro atoms. The highest BCUT2D eigenvalue weighted by Crippen LogP contribution is 2.29. The molecule has 0 radical (unpaired) electrons. The fourth-order valence-electron chi connectivity index (χ4n) is 2.42. The first-order chi connectivity index (χ1) is 9.37. The van der Waals surface area contributed by atoms with E-state index in [2.05, 4.69) is 4.74 Å². The van der Waals surface area contributed by atoms with Crippen LogP contribution >= 0.6 is 0 Å². The lowest BCUT2D eigenvalue weighted by Crippen LogP contribution is -2.34. The van der Waals surface area contributed by atoms with Crippen LogP contribution in [0.2, 0.25) is 0 Å². The van der Waals surface area contributed by atoms with Crippen LogP contribution in [0.4, 0.5) is 5.69 Å². The normalized spacial score (nSPS) is 20.0. The molecule has 0 aliphatic carbocycles. The van der Waals surface area contributed by atoms with Crippen LogP contribution in [0.1, 0.15) is 30.1 Å². The lowest BCUT2D eigenvalue weighted by molar-refractivity contribution is 0.0600. The summed E-state index contributed by atoms with van der Waals surface area (Å²) in [6, 6.07) is 4.08. The van der Waals surface area contributed by atoms with Crippen LogP contribution in [0, 0.1) is 0 Å². The van der Waals surface area contributed by atoms with Gasteiger partial charge in [-0.05, 0) is 38.0 Å². The Morgan fingerprint density at radius 3 is 2.65 bits per heavy atom. The lowest BCUT2D eigenvalue weighted by Gasteiger charge is -2.21. The number of benzene rings is 1. The average Bonchev–Trinajstić information content (AvgIpc) is 2.84. The number of ether oxygens (including phenoxy) is 1. The number of carbonyl (C=O) groups excluding carboxylic acids is 1. The zero-order valence-electron chi connectivity index (χ0n) is 11.5. The summed E-state index contributed by atoms with van der Waals surface area (Å²) in [5.41, 5.74) is 6.10. The second-order valence-electron chi connectivity index (χ2n) is 4.85. The van der Waals surface area contributed by atoms with Crippen molar-refractivity contribution in [3.8, 4) is 0 Å². The number of nitrogen functional groups attached to an aromatic ring is 1. The highest BCUT2D eigenvalue weighted by atomic mass is 32.2. The maximum atomic E-state index is 12.5. The van der Waals surface area contributed by atoms with Gasteiger partial charge in [-0.25, -0.2) is 13.2 Å². The van der Waals surface area contributed by atoms with E-state index in [1.165, 1.54) is 29.6 Å². The number of methoxy groups -OCH3 is 1. The number of nitrogens with two attached hydrogens (primary N) is 1. The summed E-state index contributed by atoms with van der Waals surface area (Å²) in [5, 5.41) is 0. The molecule has 0 saturated carbocycles. The quantitative estimate of drug-likeness (QED) is 0.669. The number of esters is 1. The van der Waals surface area contributed by atoms with Crippen molar-refractivity contribution < 1.29 is 17.9 Å². The molecular weight excluding hydrogens is 280 g/mol. The third kappa shape index (κ3) is 2.51. The molecule has 6 nitrogen and oxygen atoms in total. The van der Waals surface area contributed by atoms with Crippen LogP contribution in [-0.4, -0.2) is 38.4 Å². The fraction of sp³-hybridized carbons (Fsp3) is 0.462. The van der Waals surface area contributed by atoms with Gasteiger partial charge in [-0.3, -0.25) is 0 Å². The van der Waals surface area contributed by atoms with Crippen molar-refractivity contribution in [2.75, 3.05) is 19.4 Å². The summed E-state index contributed by atoms with van der Waals surface area (Å²) < 4.78 is 31.1. The molecule has 1 aliphatic heterocycles. The van der Waals surface area contributed by atoms with Crippen molar-refractivity contribution in [1.82, 2.24) is 4.31 Å². The van der Waals surface area contributed by atoms with Gasteiger partial charge >= 0.3 is 5.97 Å². The molecular formula is C13H18N2O4S. The van der Waals surface area contributed by atoms with Crippen molar-refractivity contribution in [2.24, 2.45) is 0 Å². The number of hydrogen-bond donors (Lipinski definition) is 1. The van der Waals surface area contributed by atoms with Gasteiger partial charge in [-0.2, -0.15) is 4.31 Å². The van der Waals surface area contributed by atoms with Gasteiger partial charge in [0.05, 0.1) is 18.4 Å². The van der Waals surface area contributed by atoms with Gasteiger partial charge in [0.25, 0.3) is 0 Å². The molecule has 110 valence electrons. The summed E-state index contributed by atoms with van der Waals surface area (Å²) in [6.07, 6.45) is 1.69. The van der Waals surface area contributed by atoms with E-state index in [0.717, 1.165) is 12.8 Å². The minimum absolute atomic E-state index is 0.0281. The van der Waals surface area contributed by atoms with Crippen LogP contribution in [0.5, 0.6) is 0 Å². The first-order valence-electron chi connectivity index (χ1n) is 6.37. The molecule has 0 aromatic heterocycles. The van der Waals surface area contributed by atoms with Gasteiger partial charge in [0, 0.05) is 12.6 Å². The van der Waals surface area contributed by atoms with Crippen LogP contribution in [0.15, 0.2) is 23.1 Å². The third-order valence-corrected chi connectivity index (χ3v) is 5.60. The number of anilines is 1. The largest absolute Gasteiger partial charge is 0.465 e. The lowest BCUT2D eigenvalue weighted by atomic mass is 10.2. The van der Waals surface area contributed by atoms with Gasteiger partial charge in [0.15, 0.2) is 0 Å². The molecule has 0 amide bonds. The Balaban J connectivity index is 2.40. The Morgan fingerprint density at radius 1 is 1.45 bits per heavy atom. The molecule has 1 aromatic rings. The van der Waals surface area contributed by atoms with Gasteiger partial charge < -0.3 is 10.5 Å². The fourth-order valence-corrected chi connectivity index (χ4v) is 4.22. The maximum Gasteiger partial charge on any atom is 0.337 e. The zero-order valence-corrected chi connectivity index (χ0v) is 12.3. The molecule has 2 N–H and O–H groups in total. The van der Waals surface area contributed by atoms with Crippen molar-refractivity contribution in [1.29, 1.82) is 0 Å². The van der Waals surface area contributed by atoms with Gasteiger partial charge in [-0.15, -0.1) is 0 Å². The van der Waals surface area contributed by atoms with E-state index < -0.39 is 16.0 Å². The van der Waals surface area contributed by atoms with E-state index in [4.69, 9.17) is 5.73 Å². The second-order valence-corrected chi connectivity index (χ2v) is 6.71. The molecule has 2 rings (SSSR count). The summed E-state index contributed by atoms with van der Waals surface area (Å²) in [4.78, 5) is 11.4. The summed E-state index contributed by atoms with van der Waals surface area (Å²) in [5.74, 6) is -0.546.